The Morgan fingerprint density at radius 1 is 1.20 bits per heavy atom. The molecule has 0 radical (unpaired) electrons. The zero-order valence-corrected chi connectivity index (χ0v) is 11.5. The zero-order valence-electron chi connectivity index (χ0n) is 10.7. The maximum atomic E-state index is 12.3. The van der Waals surface area contributed by atoms with Crippen LogP contribution in [0.25, 0.3) is 6.08 Å². The van der Waals surface area contributed by atoms with Crippen molar-refractivity contribution in [1.82, 2.24) is 3.97 Å². The predicted octanol–water partition coefficient (Wildman–Crippen LogP) is 2.13. The molecule has 0 saturated carbocycles. The molecule has 6 heteroatoms. The van der Waals surface area contributed by atoms with Gasteiger partial charge in [-0.2, -0.15) is 0 Å². The van der Waals surface area contributed by atoms with Gasteiger partial charge in [-0.1, -0.05) is 17.7 Å². The molecule has 20 heavy (non-hydrogen) atoms. The predicted molar refractivity (Wildman–Crippen MR) is 74.9 cm³/mol. The van der Waals surface area contributed by atoms with Crippen molar-refractivity contribution in [2.45, 2.75) is 11.8 Å². The monoisotopic (exact) mass is 291 g/mol. The van der Waals surface area contributed by atoms with Crippen LogP contribution in [-0.2, 0) is 14.8 Å². The Labute approximate surface area is 116 Å². The molecule has 2 aromatic rings. The summed E-state index contributed by atoms with van der Waals surface area (Å²) in [5, 5.41) is 8.53. The van der Waals surface area contributed by atoms with E-state index in [1.54, 1.807) is 12.1 Å². The van der Waals surface area contributed by atoms with E-state index < -0.39 is 16.0 Å². The number of carboxylic acid groups (broad SMARTS) is 1. The maximum absolute atomic E-state index is 12.3. The first-order chi connectivity index (χ1) is 9.39. The molecule has 0 aliphatic carbocycles. The number of rotatable bonds is 4. The third kappa shape index (κ3) is 2.97. The zero-order chi connectivity index (χ0) is 14.8. The van der Waals surface area contributed by atoms with Gasteiger partial charge < -0.3 is 5.11 Å². The summed E-state index contributed by atoms with van der Waals surface area (Å²) in [5.41, 5.74) is 1.48. The first kappa shape index (κ1) is 14.1. The van der Waals surface area contributed by atoms with Gasteiger partial charge in [0.05, 0.1) is 4.90 Å². The highest BCUT2D eigenvalue weighted by Crippen LogP contribution is 2.16. The van der Waals surface area contributed by atoms with E-state index in [1.807, 2.05) is 6.92 Å². The lowest BCUT2D eigenvalue weighted by atomic mass is 10.2. The quantitative estimate of drug-likeness (QED) is 0.875. The number of nitrogens with zero attached hydrogens (tertiary/aromatic N) is 1. The Balaban J connectivity index is 2.35. The van der Waals surface area contributed by atoms with Crippen LogP contribution in [0.1, 0.15) is 11.1 Å². The summed E-state index contributed by atoms with van der Waals surface area (Å²) in [6.07, 6.45) is 5.05. The molecular weight excluding hydrogens is 278 g/mol. The number of aromatic nitrogens is 1. The third-order valence-electron chi connectivity index (χ3n) is 2.70. The molecule has 0 aliphatic heterocycles. The fourth-order valence-corrected chi connectivity index (χ4v) is 2.85. The normalized spacial score (nSPS) is 11.8. The topological polar surface area (TPSA) is 76.4 Å². The van der Waals surface area contributed by atoms with E-state index in [1.165, 1.54) is 36.7 Å². The van der Waals surface area contributed by atoms with Crippen molar-refractivity contribution in [2.24, 2.45) is 0 Å². The van der Waals surface area contributed by atoms with E-state index in [9.17, 15) is 13.2 Å². The van der Waals surface area contributed by atoms with E-state index in [-0.39, 0.29) is 4.90 Å². The lowest BCUT2D eigenvalue weighted by molar-refractivity contribution is -0.131. The van der Waals surface area contributed by atoms with Crippen LogP contribution in [0, 0.1) is 6.92 Å². The molecule has 104 valence electrons. The number of aryl methyl sites for hydroxylation is 1. The summed E-state index contributed by atoms with van der Waals surface area (Å²) >= 11 is 0. The van der Waals surface area contributed by atoms with Crippen molar-refractivity contribution < 1.29 is 18.3 Å². The molecule has 2 rings (SSSR count). The van der Waals surface area contributed by atoms with E-state index >= 15 is 0 Å². The summed E-state index contributed by atoms with van der Waals surface area (Å²) < 4.78 is 25.7. The van der Waals surface area contributed by atoms with Gasteiger partial charge in [-0.05, 0) is 36.8 Å². The molecule has 1 N–H and O–H groups in total. The molecular formula is C14H13NO4S. The van der Waals surface area contributed by atoms with E-state index in [4.69, 9.17) is 5.11 Å². The summed E-state index contributed by atoms with van der Waals surface area (Å²) in [4.78, 5) is 10.6. The Morgan fingerprint density at radius 3 is 2.45 bits per heavy atom. The fourth-order valence-electron chi connectivity index (χ4n) is 1.64. The highest BCUT2D eigenvalue weighted by molar-refractivity contribution is 7.90. The van der Waals surface area contributed by atoms with Crippen molar-refractivity contribution in [1.29, 1.82) is 0 Å². The molecule has 0 aliphatic rings. The van der Waals surface area contributed by atoms with E-state index in [0.717, 1.165) is 15.6 Å². The van der Waals surface area contributed by atoms with Crippen LogP contribution in [0.4, 0.5) is 0 Å². The van der Waals surface area contributed by atoms with Gasteiger partial charge in [0, 0.05) is 18.5 Å². The standard InChI is InChI=1S/C14H13NO4S/c1-11-2-5-13(6-3-11)20(18,19)15-9-8-12(10-15)4-7-14(16)17/h2-10H,1H3,(H,16,17). The minimum atomic E-state index is -3.64. The van der Waals surface area contributed by atoms with Gasteiger partial charge in [0.1, 0.15) is 0 Å². The highest BCUT2D eigenvalue weighted by atomic mass is 32.2. The summed E-state index contributed by atoms with van der Waals surface area (Å²) in [6.45, 7) is 1.88. The minimum Gasteiger partial charge on any atom is -0.478 e. The van der Waals surface area contributed by atoms with E-state index in [2.05, 4.69) is 0 Å². The molecule has 5 nitrogen and oxygen atoms in total. The molecule has 0 unspecified atom stereocenters. The number of aliphatic carboxylic acids is 1. The lowest BCUT2D eigenvalue weighted by Gasteiger charge is -2.05. The lowest BCUT2D eigenvalue weighted by Crippen LogP contribution is -2.10. The van der Waals surface area contributed by atoms with Gasteiger partial charge in [-0.15, -0.1) is 0 Å². The molecule has 1 aromatic carbocycles. The SMILES string of the molecule is Cc1ccc(S(=O)(=O)n2ccc(C=CC(=O)O)c2)cc1. The van der Waals surface area contributed by atoms with Crippen LogP contribution in [0.3, 0.4) is 0 Å². The highest BCUT2D eigenvalue weighted by Gasteiger charge is 2.15. The summed E-state index contributed by atoms with van der Waals surface area (Å²) in [5.74, 6) is -1.08. The number of carbonyl (C=O) groups is 1. The molecule has 0 bridgehead atoms. The van der Waals surface area contributed by atoms with Crippen molar-refractivity contribution in [3.05, 3.63) is 59.9 Å². The van der Waals surface area contributed by atoms with Crippen LogP contribution >= 0.6 is 0 Å². The fraction of sp³-hybridized carbons (Fsp3) is 0.0714. The first-order valence-electron chi connectivity index (χ1n) is 5.81. The molecule has 0 amide bonds. The Bertz CT molecular complexity index is 755. The Kier molecular flexibility index (Phi) is 3.76. The van der Waals surface area contributed by atoms with Crippen molar-refractivity contribution >= 4 is 22.1 Å². The molecule has 1 aromatic heterocycles. The second-order valence-corrected chi connectivity index (χ2v) is 6.11. The van der Waals surface area contributed by atoms with Gasteiger partial charge in [0.15, 0.2) is 0 Å². The Hall–Kier alpha value is -2.34. The number of carboxylic acids is 1. The van der Waals surface area contributed by atoms with Crippen LogP contribution in [-0.4, -0.2) is 23.5 Å². The van der Waals surface area contributed by atoms with Gasteiger partial charge in [0.2, 0.25) is 0 Å². The van der Waals surface area contributed by atoms with Crippen LogP contribution in [0.5, 0.6) is 0 Å². The number of benzene rings is 1. The average Bonchev–Trinajstić information content (AvgIpc) is 2.86. The molecule has 0 atom stereocenters. The van der Waals surface area contributed by atoms with E-state index in [0.29, 0.717) is 5.56 Å². The Morgan fingerprint density at radius 2 is 1.85 bits per heavy atom. The maximum Gasteiger partial charge on any atom is 0.328 e. The molecule has 1 heterocycles. The average molecular weight is 291 g/mol. The smallest absolute Gasteiger partial charge is 0.328 e. The van der Waals surface area contributed by atoms with Gasteiger partial charge in [-0.3, -0.25) is 0 Å². The second-order valence-electron chi connectivity index (χ2n) is 4.26. The second kappa shape index (κ2) is 5.34. The molecule has 0 saturated heterocycles. The van der Waals surface area contributed by atoms with Gasteiger partial charge >= 0.3 is 5.97 Å². The number of hydrogen-bond acceptors (Lipinski definition) is 3. The number of hydrogen-bond donors (Lipinski definition) is 1. The van der Waals surface area contributed by atoms with Crippen molar-refractivity contribution in [3.63, 3.8) is 0 Å². The van der Waals surface area contributed by atoms with Gasteiger partial charge in [-0.25, -0.2) is 17.2 Å². The molecule has 0 fully saturated rings. The van der Waals surface area contributed by atoms with Crippen molar-refractivity contribution in [3.8, 4) is 0 Å². The summed E-state index contributed by atoms with van der Waals surface area (Å²) in [7, 11) is -3.64. The molecule has 0 spiro atoms. The largest absolute Gasteiger partial charge is 0.478 e. The summed E-state index contributed by atoms with van der Waals surface area (Å²) in [6, 6.07) is 8.06. The van der Waals surface area contributed by atoms with Crippen molar-refractivity contribution in [2.75, 3.05) is 0 Å². The van der Waals surface area contributed by atoms with Crippen LogP contribution < -0.4 is 0 Å². The van der Waals surface area contributed by atoms with Crippen LogP contribution in [0.15, 0.2) is 53.7 Å². The van der Waals surface area contributed by atoms with Gasteiger partial charge in [0.25, 0.3) is 10.0 Å². The first-order valence-corrected chi connectivity index (χ1v) is 7.25. The minimum absolute atomic E-state index is 0.187. The van der Waals surface area contributed by atoms with Crippen LogP contribution in [0.2, 0.25) is 0 Å². The third-order valence-corrected chi connectivity index (χ3v) is 4.36.